The third-order valence-electron chi connectivity index (χ3n) is 5.00. The molecule has 0 saturated heterocycles. The van der Waals surface area contributed by atoms with Crippen LogP contribution in [0.1, 0.15) is 73.6 Å². The monoisotopic (exact) mass is 474 g/mol. The highest BCUT2D eigenvalue weighted by Gasteiger charge is 2.14. The second-order valence-corrected chi connectivity index (χ2v) is 12.9. The van der Waals surface area contributed by atoms with Crippen LogP contribution in [0.15, 0.2) is 79.6 Å². The van der Waals surface area contributed by atoms with E-state index in [0.29, 0.717) is 16.2 Å². The predicted octanol–water partition coefficient (Wildman–Crippen LogP) is 8.13. The lowest BCUT2D eigenvalue weighted by molar-refractivity contribution is 0.343. The fourth-order valence-corrected chi connectivity index (χ4v) is 3.80. The van der Waals surface area contributed by atoms with Gasteiger partial charge in [0.1, 0.15) is 5.65 Å². The van der Waals surface area contributed by atoms with E-state index in [1.807, 2.05) is 43.1 Å². The van der Waals surface area contributed by atoms with E-state index in [2.05, 4.69) is 118 Å². The standard InChI is InChI=1S/C12H16N2.C11H16.C8H14N2/c1-12(2,3)8-10-9-13-11-6-4-5-7-14(10)11;1-11(2,3)9-10-7-5-4-6-8-10;1-8(2,3)6-10-5-4-9-7-10/h4-7,9H,8H2,1-3H3;4-8H,9H2,1-3H3;4-5,7H,6H2,1-3H3. The third-order valence-corrected chi connectivity index (χ3v) is 5.00. The number of nitrogens with zero attached hydrogens (tertiary/aromatic N) is 4. The lowest BCUT2D eigenvalue weighted by atomic mass is 9.88. The summed E-state index contributed by atoms with van der Waals surface area (Å²) < 4.78 is 4.26. The Labute approximate surface area is 213 Å². The van der Waals surface area contributed by atoms with Gasteiger partial charge in [-0.3, -0.25) is 0 Å². The second kappa shape index (κ2) is 12.2. The summed E-state index contributed by atoms with van der Waals surface area (Å²) in [5, 5.41) is 0. The van der Waals surface area contributed by atoms with Gasteiger partial charge in [0.2, 0.25) is 0 Å². The van der Waals surface area contributed by atoms with Gasteiger partial charge in [-0.15, -0.1) is 0 Å². The fraction of sp³-hybridized carbons (Fsp3) is 0.484. The maximum absolute atomic E-state index is 4.37. The summed E-state index contributed by atoms with van der Waals surface area (Å²) >= 11 is 0. The van der Waals surface area contributed by atoms with Crippen molar-refractivity contribution in [3.05, 3.63) is 90.9 Å². The molecule has 0 N–H and O–H groups in total. The lowest BCUT2D eigenvalue weighted by Gasteiger charge is -2.17. The van der Waals surface area contributed by atoms with Crippen molar-refractivity contribution < 1.29 is 0 Å². The molecule has 3 aromatic heterocycles. The van der Waals surface area contributed by atoms with Gasteiger partial charge < -0.3 is 8.97 Å². The Morgan fingerprint density at radius 2 is 1.31 bits per heavy atom. The van der Waals surface area contributed by atoms with E-state index in [1.165, 1.54) is 11.3 Å². The van der Waals surface area contributed by atoms with E-state index >= 15 is 0 Å². The highest BCUT2D eigenvalue weighted by atomic mass is 15.0. The molecule has 4 heteroatoms. The first kappa shape index (κ1) is 28.4. The molecule has 4 rings (SSSR count). The molecule has 0 atom stereocenters. The highest BCUT2D eigenvalue weighted by Crippen LogP contribution is 2.21. The van der Waals surface area contributed by atoms with E-state index in [9.17, 15) is 0 Å². The molecule has 0 aliphatic heterocycles. The Kier molecular flexibility index (Phi) is 9.88. The van der Waals surface area contributed by atoms with Crippen LogP contribution < -0.4 is 0 Å². The molecule has 3 heterocycles. The molecule has 0 amide bonds. The number of fused-ring (bicyclic) bond motifs is 1. The van der Waals surface area contributed by atoms with Crippen LogP contribution in [0.3, 0.4) is 0 Å². The molecule has 190 valence electrons. The van der Waals surface area contributed by atoms with E-state index in [1.54, 1.807) is 0 Å². The molecule has 0 aliphatic rings. The summed E-state index contributed by atoms with van der Waals surface area (Å²) in [7, 11) is 0. The molecule has 0 aliphatic carbocycles. The number of aromatic nitrogens is 4. The lowest BCUT2D eigenvalue weighted by Crippen LogP contribution is -2.13. The summed E-state index contributed by atoms with van der Waals surface area (Å²) in [6.07, 6.45) is 11.9. The van der Waals surface area contributed by atoms with Gasteiger partial charge in [0.15, 0.2) is 0 Å². The van der Waals surface area contributed by atoms with E-state index < -0.39 is 0 Å². The normalized spacial score (nSPS) is 11.9. The molecular weight excluding hydrogens is 428 g/mol. The van der Waals surface area contributed by atoms with Crippen LogP contribution in [0.25, 0.3) is 5.65 Å². The van der Waals surface area contributed by atoms with Crippen LogP contribution in [0.4, 0.5) is 0 Å². The molecule has 4 aromatic rings. The molecule has 0 fully saturated rings. The van der Waals surface area contributed by atoms with Crippen LogP contribution >= 0.6 is 0 Å². The molecule has 0 radical (unpaired) electrons. The zero-order valence-electron chi connectivity index (χ0n) is 23.4. The molecule has 35 heavy (non-hydrogen) atoms. The second-order valence-electron chi connectivity index (χ2n) is 12.9. The van der Waals surface area contributed by atoms with Gasteiger partial charge in [0.05, 0.1) is 6.33 Å². The first-order valence-electron chi connectivity index (χ1n) is 12.6. The van der Waals surface area contributed by atoms with Crippen molar-refractivity contribution >= 4 is 5.65 Å². The van der Waals surface area contributed by atoms with Crippen molar-refractivity contribution in [2.24, 2.45) is 16.2 Å². The third kappa shape index (κ3) is 11.9. The highest BCUT2D eigenvalue weighted by molar-refractivity contribution is 5.39. The van der Waals surface area contributed by atoms with Gasteiger partial charge in [0, 0.05) is 37.0 Å². The van der Waals surface area contributed by atoms with Gasteiger partial charge in [-0.1, -0.05) is 98.7 Å². The largest absolute Gasteiger partial charge is 0.337 e. The van der Waals surface area contributed by atoms with Crippen LogP contribution in [0.2, 0.25) is 0 Å². The van der Waals surface area contributed by atoms with Gasteiger partial charge in [-0.2, -0.15) is 0 Å². The molecule has 0 spiro atoms. The average Bonchev–Trinajstić information content (AvgIpc) is 3.36. The van der Waals surface area contributed by atoms with E-state index in [4.69, 9.17) is 0 Å². The Morgan fingerprint density at radius 3 is 1.86 bits per heavy atom. The molecule has 4 nitrogen and oxygen atoms in total. The summed E-state index contributed by atoms with van der Waals surface area (Å²) in [6, 6.07) is 16.7. The van der Waals surface area contributed by atoms with Crippen molar-refractivity contribution in [1.29, 1.82) is 0 Å². The Morgan fingerprint density at radius 1 is 0.686 bits per heavy atom. The average molecular weight is 475 g/mol. The van der Waals surface area contributed by atoms with Gasteiger partial charge in [-0.25, -0.2) is 9.97 Å². The molecular formula is C31H46N4. The minimum Gasteiger partial charge on any atom is -0.337 e. The van der Waals surface area contributed by atoms with Crippen LogP contribution in [0, 0.1) is 16.2 Å². The zero-order chi connectivity index (χ0) is 26.1. The Hall–Kier alpha value is -2.88. The smallest absolute Gasteiger partial charge is 0.136 e. The first-order chi connectivity index (χ1) is 16.2. The number of benzene rings is 1. The summed E-state index contributed by atoms with van der Waals surface area (Å²) in [6.45, 7) is 21.2. The maximum Gasteiger partial charge on any atom is 0.136 e. The minimum absolute atomic E-state index is 0.311. The number of rotatable bonds is 3. The van der Waals surface area contributed by atoms with Crippen molar-refractivity contribution in [3.8, 4) is 0 Å². The van der Waals surface area contributed by atoms with Gasteiger partial charge >= 0.3 is 0 Å². The number of imidazole rings is 2. The van der Waals surface area contributed by atoms with E-state index in [0.717, 1.165) is 25.0 Å². The predicted molar refractivity (Wildman–Crippen MR) is 150 cm³/mol. The van der Waals surface area contributed by atoms with Crippen molar-refractivity contribution in [2.75, 3.05) is 0 Å². The SMILES string of the molecule is CC(C)(C)Cc1ccccc1.CC(C)(C)Cc1cnc2ccccn12.CC(C)(C)Cn1ccnc1. The van der Waals surface area contributed by atoms with E-state index in [-0.39, 0.29) is 0 Å². The quantitative estimate of drug-likeness (QED) is 0.300. The van der Waals surface area contributed by atoms with Crippen molar-refractivity contribution in [1.82, 2.24) is 18.9 Å². The topological polar surface area (TPSA) is 35.1 Å². The summed E-state index contributed by atoms with van der Waals surface area (Å²) in [4.78, 5) is 8.34. The van der Waals surface area contributed by atoms with Crippen LogP contribution in [0.5, 0.6) is 0 Å². The molecule has 0 saturated carbocycles. The molecule has 0 bridgehead atoms. The number of hydrogen-bond donors (Lipinski definition) is 0. The fourth-order valence-electron chi connectivity index (χ4n) is 3.80. The minimum atomic E-state index is 0.311. The zero-order valence-corrected chi connectivity index (χ0v) is 23.4. The van der Waals surface area contributed by atoms with Gasteiger partial charge in [0.25, 0.3) is 0 Å². The molecule has 1 aromatic carbocycles. The first-order valence-corrected chi connectivity index (χ1v) is 12.6. The van der Waals surface area contributed by atoms with Crippen LogP contribution in [-0.4, -0.2) is 18.9 Å². The maximum atomic E-state index is 4.37. The van der Waals surface area contributed by atoms with Gasteiger partial charge in [-0.05, 0) is 46.8 Å². The van der Waals surface area contributed by atoms with Crippen LogP contribution in [-0.2, 0) is 19.4 Å². The number of pyridine rings is 1. The summed E-state index contributed by atoms with van der Waals surface area (Å²) in [5.74, 6) is 0. The molecule has 0 unspecified atom stereocenters. The summed E-state index contributed by atoms with van der Waals surface area (Å²) in [5.41, 5.74) is 4.81. The van der Waals surface area contributed by atoms with Crippen molar-refractivity contribution in [2.45, 2.75) is 81.7 Å². The number of hydrogen-bond acceptors (Lipinski definition) is 2. The Bertz CT molecular complexity index is 1100. The Balaban J connectivity index is 0.000000189. The van der Waals surface area contributed by atoms with Crippen molar-refractivity contribution in [3.63, 3.8) is 0 Å².